The molecule has 2 aromatic rings. The lowest BCUT2D eigenvalue weighted by atomic mass is 10.0. The average Bonchev–Trinajstić information content (AvgIpc) is 2.79. The lowest BCUT2D eigenvalue weighted by molar-refractivity contribution is 0.0232. The van der Waals surface area contributed by atoms with Crippen molar-refractivity contribution < 1.29 is 4.74 Å². The van der Waals surface area contributed by atoms with Crippen LogP contribution in [0.5, 0.6) is 0 Å². The highest BCUT2D eigenvalue weighted by atomic mass is 32.1. The second-order valence-corrected chi connectivity index (χ2v) is 6.40. The van der Waals surface area contributed by atoms with Crippen molar-refractivity contribution in [3.63, 3.8) is 0 Å². The van der Waals surface area contributed by atoms with Crippen LogP contribution < -0.4 is 16.6 Å². The van der Waals surface area contributed by atoms with Crippen LogP contribution in [-0.2, 0) is 4.74 Å². The number of thiophene rings is 1. The van der Waals surface area contributed by atoms with Crippen molar-refractivity contribution in [3.8, 4) is 0 Å². The van der Waals surface area contributed by atoms with Gasteiger partial charge in [-0.05, 0) is 32.8 Å². The fourth-order valence-corrected chi connectivity index (χ4v) is 3.42. The number of rotatable bonds is 3. The number of fused-ring (bicyclic) bond motifs is 1. The molecule has 2 aromatic heterocycles. The van der Waals surface area contributed by atoms with Gasteiger partial charge in [-0.1, -0.05) is 0 Å². The first-order valence-corrected chi connectivity index (χ1v) is 7.60. The second kappa shape index (κ2) is 5.51. The molecule has 108 valence electrons. The Bertz CT molecular complexity index is 614. The number of aryl methyl sites for hydroxylation is 1. The lowest BCUT2D eigenvalue weighted by Gasteiger charge is -2.28. The number of nitrogens with two attached hydrogens (primary N) is 1. The summed E-state index contributed by atoms with van der Waals surface area (Å²) in [5.41, 5.74) is 2.53. The van der Waals surface area contributed by atoms with Crippen molar-refractivity contribution in [1.82, 2.24) is 9.97 Å². The zero-order valence-corrected chi connectivity index (χ0v) is 12.5. The van der Waals surface area contributed by atoms with Gasteiger partial charge in [0.1, 0.15) is 10.6 Å². The molecular formula is C13H19N5OS. The largest absolute Gasteiger partial charge is 0.378 e. The molecule has 2 atom stereocenters. The molecular weight excluding hydrogens is 274 g/mol. The van der Waals surface area contributed by atoms with Gasteiger partial charge in [0.2, 0.25) is 5.95 Å². The SMILES string of the molecule is Cc1cc2c(NC3CCOC(C)C3)nc(NN)nc2s1. The maximum Gasteiger partial charge on any atom is 0.240 e. The topological polar surface area (TPSA) is 85.1 Å². The molecule has 0 saturated carbocycles. The van der Waals surface area contributed by atoms with Crippen molar-refractivity contribution >= 4 is 33.3 Å². The fraction of sp³-hybridized carbons (Fsp3) is 0.538. The van der Waals surface area contributed by atoms with E-state index < -0.39 is 0 Å². The van der Waals surface area contributed by atoms with Gasteiger partial charge in [0.05, 0.1) is 11.5 Å². The highest BCUT2D eigenvalue weighted by Crippen LogP contribution is 2.30. The van der Waals surface area contributed by atoms with E-state index in [0.717, 1.165) is 35.5 Å². The van der Waals surface area contributed by atoms with E-state index in [1.165, 1.54) is 4.88 Å². The van der Waals surface area contributed by atoms with E-state index in [0.29, 0.717) is 12.0 Å². The normalized spacial score (nSPS) is 22.9. The first-order chi connectivity index (χ1) is 9.65. The maximum atomic E-state index is 5.58. The number of hydrazine groups is 1. The van der Waals surface area contributed by atoms with E-state index in [-0.39, 0.29) is 6.10 Å². The predicted molar refractivity (Wildman–Crippen MR) is 82.0 cm³/mol. The standard InChI is InChI=1S/C13H19N5OS/c1-7-5-9(3-4-19-7)15-11-10-6-8(2)20-12(10)17-13(16-11)18-14/h6-7,9H,3-5,14H2,1-2H3,(H2,15,16,17,18). The number of aromatic nitrogens is 2. The summed E-state index contributed by atoms with van der Waals surface area (Å²) in [6.45, 7) is 4.96. The molecule has 1 aliphatic rings. The van der Waals surface area contributed by atoms with Crippen LogP contribution in [0.25, 0.3) is 10.2 Å². The Labute approximate surface area is 121 Å². The van der Waals surface area contributed by atoms with Crippen LogP contribution in [0.4, 0.5) is 11.8 Å². The molecule has 1 aliphatic heterocycles. The Kier molecular flexibility index (Phi) is 3.73. The lowest BCUT2D eigenvalue weighted by Crippen LogP contribution is -2.32. The molecule has 0 aromatic carbocycles. The third-order valence-corrected chi connectivity index (χ3v) is 4.42. The van der Waals surface area contributed by atoms with Crippen LogP contribution in [-0.4, -0.2) is 28.7 Å². The maximum absolute atomic E-state index is 5.58. The average molecular weight is 293 g/mol. The number of hydrogen-bond acceptors (Lipinski definition) is 7. The summed E-state index contributed by atoms with van der Waals surface area (Å²) < 4.78 is 5.58. The fourth-order valence-electron chi connectivity index (χ4n) is 2.54. The van der Waals surface area contributed by atoms with Crippen molar-refractivity contribution in [3.05, 3.63) is 10.9 Å². The number of ether oxygens (including phenoxy) is 1. The van der Waals surface area contributed by atoms with Gasteiger partial charge in [-0.25, -0.2) is 10.8 Å². The molecule has 0 bridgehead atoms. The minimum absolute atomic E-state index is 0.287. The van der Waals surface area contributed by atoms with Crippen LogP contribution >= 0.6 is 11.3 Å². The Morgan fingerprint density at radius 3 is 3.05 bits per heavy atom. The summed E-state index contributed by atoms with van der Waals surface area (Å²) in [6.07, 6.45) is 2.26. The van der Waals surface area contributed by atoms with Gasteiger partial charge >= 0.3 is 0 Å². The van der Waals surface area contributed by atoms with Crippen LogP contribution in [0.3, 0.4) is 0 Å². The molecule has 1 fully saturated rings. The minimum atomic E-state index is 0.287. The van der Waals surface area contributed by atoms with Crippen molar-refractivity contribution in [2.45, 2.75) is 38.8 Å². The summed E-state index contributed by atoms with van der Waals surface area (Å²) in [6, 6.07) is 2.49. The van der Waals surface area contributed by atoms with Crippen LogP contribution in [0.1, 0.15) is 24.6 Å². The number of nitrogens with zero attached hydrogens (tertiary/aromatic N) is 2. The number of nitrogen functional groups attached to an aromatic ring is 1. The minimum Gasteiger partial charge on any atom is -0.378 e. The van der Waals surface area contributed by atoms with Gasteiger partial charge in [-0.2, -0.15) is 4.98 Å². The van der Waals surface area contributed by atoms with Gasteiger partial charge in [0.25, 0.3) is 0 Å². The Balaban J connectivity index is 1.92. The molecule has 3 rings (SSSR count). The van der Waals surface area contributed by atoms with Crippen molar-refractivity contribution in [2.75, 3.05) is 17.3 Å². The molecule has 1 saturated heterocycles. The molecule has 0 spiro atoms. The van der Waals surface area contributed by atoms with Crippen molar-refractivity contribution in [1.29, 1.82) is 0 Å². The second-order valence-electron chi connectivity index (χ2n) is 5.16. The highest BCUT2D eigenvalue weighted by Gasteiger charge is 2.21. The van der Waals surface area contributed by atoms with Gasteiger partial charge in [-0.3, -0.25) is 5.43 Å². The molecule has 6 nitrogen and oxygen atoms in total. The van der Waals surface area contributed by atoms with Crippen molar-refractivity contribution in [2.24, 2.45) is 5.84 Å². The van der Waals surface area contributed by atoms with Gasteiger partial charge in [0, 0.05) is 17.5 Å². The molecule has 0 aliphatic carbocycles. The molecule has 7 heteroatoms. The van der Waals surface area contributed by atoms with Crippen LogP contribution in [0, 0.1) is 6.92 Å². The Morgan fingerprint density at radius 1 is 1.45 bits per heavy atom. The number of nitrogens with one attached hydrogen (secondary N) is 2. The zero-order chi connectivity index (χ0) is 14.1. The summed E-state index contributed by atoms with van der Waals surface area (Å²) in [4.78, 5) is 11.0. The molecule has 4 N–H and O–H groups in total. The van der Waals surface area contributed by atoms with Gasteiger partial charge in [0.15, 0.2) is 0 Å². The summed E-state index contributed by atoms with van der Waals surface area (Å²) in [5.74, 6) is 6.75. The van der Waals surface area contributed by atoms with Crippen LogP contribution in [0.2, 0.25) is 0 Å². The predicted octanol–water partition coefficient (Wildman–Crippen LogP) is 2.26. The van der Waals surface area contributed by atoms with Gasteiger partial charge < -0.3 is 10.1 Å². The van der Waals surface area contributed by atoms with E-state index in [9.17, 15) is 0 Å². The van der Waals surface area contributed by atoms with E-state index >= 15 is 0 Å². The first kappa shape index (κ1) is 13.5. The molecule has 0 amide bonds. The summed E-state index contributed by atoms with van der Waals surface area (Å²) in [5, 5.41) is 4.58. The smallest absolute Gasteiger partial charge is 0.240 e. The van der Waals surface area contributed by atoms with Gasteiger partial charge in [-0.15, -0.1) is 11.3 Å². The third-order valence-electron chi connectivity index (χ3n) is 3.47. The third kappa shape index (κ3) is 2.70. The zero-order valence-electron chi connectivity index (χ0n) is 11.6. The Hall–Kier alpha value is -1.44. The quantitative estimate of drug-likeness (QED) is 0.594. The van der Waals surface area contributed by atoms with E-state index in [4.69, 9.17) is 10.6 Å². The van der Waals surface area contributed by atoms with Crippen LogP contribution in [0.15, 0.2) is 6.07 Å². The monoisotopic (exact) mass is 293 g/mol. The molecule has 20 heavy (non-hydrogen) atoms. The van der Waals surface area contributed by atoms with E-state index in [1.807, 2.05) is 0 Å². The highest BCUT2D eigenvalue weighted by molar-refractivity contribution is 7.18. The van der Waals surface area contributed by atoms with E-state index in [1.54, 1.807) is 11.3 Å². The Morgan fingerprint density at radius 2 is 2.30 bits per heavy atom. The summed E-state index contributed by atoms with van der Waals surface area (Å²) >= 11 is 1.65. The number of anilines is 2. The summed E-state index contributed by atoms with van der Waals surface area (Å²) in [7, 11) is 0. The molecule has 2 unspecified atom stereocenters. The van der Waals surface area contributed by atoms with E-state index in [2.05, 4.69) is 40.6 Å². The molecule has 3 heterocycles. The molecule has 0 radical (unpaired) electrons. The first-order valence-electron chi connectivity index (χ1n) is 6.78. The number of hydrogen-bond donors (Lipinski definition) is 3.